The Morgan fingerprint density at radius 3 is 2.80 bits per heavy atom. The van der Waals surface area contributed by atoms with E-state index < -0.39 is 0 Å². The number of aryl methyl sites for hydroxylation is 2. The second-order valence-electron chi connectivity index (χ2n) is 4.55. The normalized spacial score (nSPS) is 10.7. The van der Waals surface area contributed by atoms with Gasteiger partial charge in [0.1, 0.15) is 0 Å². The van der Waals surface area contributed by atoms with E-state index in [-0.39, 0.29) is 0 Å². The molecule has 6 nitrogen and oxygen atoms in total. The first kappa shape index (κ1) is 12.4. The average Bonchev–Trinajstić information content (AvgIpc) is 3.06. The van der Waals surface area contributed by atoms with Gasteiger partial charge < -0.3 is 9.73 Å². The van der Waals surface area contributed by atoms with E-state index in [1.807, 2.05) is 43.7 Å². The SMILES string of the molecule is Cc1nnc(-c2ccccc2NCc2cnn(C)c2)o1. The molecule has 3 aromatic rings. The quantitative estimate of drug-likeness (QED) is 0.787. The Labute approximate surface area is 116 Å². The molecule has 102 valence electrons. The number of rotatable bonds is 4. The van der Waals surface area contributed by atoms with Crippen molar-refractivity contribution in [2.75, 3.05) is 5.32 Å². The van der Waals surface area contributed by atoms with Gasteiger partial charge in [-0.1, -0.05) is 12.1 Å². The molecule has 6 heteroatoms. The smallest absolute Gasteiger partial charge is 0.249 e. The maximum absolute atomic E-state index is 5.49. The fourth-order valence-electron chi connectivity index (χ4n) is 1.99. The molecule has 1 N–H and O–H groups in total. The van der Waals surface area contributed by atoms with Gasteiger partial charge in [-0.3, -0.25) is 4.68 Å². The van der Waals surface area contributed by atoms with E-state index in [4.69, 9.17) is 4.42 Å². The number of hydrogen-bond donors (Lipinski definition) is 1. The molecule has 3 rings (SSSR count). The molecule has 1 aromatic carbocycles. The Hall–Kier alpha value is -2.63. The lowest BCUT2D eigenvalue weighted by molar-refractivity contribution is 0.533. The molecule has 0 saturated carbocycles. The Balaban J connectivity index is 1.83. The number of aromatic nitrogens is 4. The number of para-hydroxylation sites is 1. The van der Waals surface area contributed by atoms with Gasteiger partial charge in [-0.05, 0) is 12.1 Å². The lowest BCUT2D eigenvalue weighted by Gasteiger charge is -2.08. The summed E-state index contributed by atoms with van der Waals surface area (Å²) < 4.78 is 7.27. The van der Waals surface area contributed by atoms with Crippen molar-refractivity contribution in [3.05, 3.63) is 48.1 Å². The van der Waals surface area contributed by atoms with Crippen LogP contribution in [0.4, 0.5) is 5.69 Å². The third-order valence-corrected chi connectivity index (χ3v) is 2.92. The molecule has 0 radical (unpaired) electrons. The highest BCUT2D eigenvalue weighted by Gasteiger charge is 2.10. The molecule has 0 aliphatic rings. The maximum Gasteiger partial charge on any atom is 0.249 e. The molecule has 0 fully saturated rings. The maximum atomic E-state index is 5.49. The van der Waals surface area contributed by atoms with E-state index in [0.29, 0.717) is 18.3 Å². The molecule has 0 amide bonds. The lowest BCUT2D eigenvalue weighted by Crippen LogP contribution is -2.00. The lowest BCUT2D eigenvalue weighted by atomic mass is 10.1. The van der Waals surface area contributed by atoms with Crippen LogP contribution in [0, 0.1) is 6.92 Å². The Morgan fingerprint density at radius 2 is 2.10 bits per heavy atom. The number of nitrogens with one attached hydrogen (secondary N) is 1. The predicted octanol–water partition coefficient (Wildman–Crippen LogP) is 2.39. The molecule has 0 atom stereocenters. The van der Waals surface area contributed by atoms with E-state index in [2.05, 4.69) is 20.6 Å². The molecule has 0 saturated heterocycles. The Bertz CT molecular complexity index is 716. The van der Waals surface area contributed by atoms with Crippen molar-refractivity contribution in [2.45, 2.75) is 13.5 Å². The first-order chi connectivity index (χ1) is 9.72. The van der Waals surface area contributed by atoms with Crippen molar-refractivity contribution in [1.82, 2.24) is 20.0 Å². The molecule has 0 spiro atoms. The van der Waals surface area contributed by atoms with Crippen LogP contribution in [-0.2, 0) is 13.6 Å². The molecule has 0 unspecified atom stereocenters. The van der Waals surface area contributed by atoms with Crippen LogP contribution in [0.2, 0.25) is 0 Å². The van der Waals surface area contributed by atoms with Gasteiger partial charge in [-0.25, -0.2) is 0 Å². The van der Waals surface area contributed by atoms with E-state index in [1.165, 1.54) is 0 Å². The Morgan fingerprint density at radius 1 is 1.25 bits per heavy atom. The third-order valence-electron chi connectivity index (χ3n) is 2.92. The van der Waals surface area contributed by atoms with Crippen LogP contribution in [0.3, 0.4) is 0 Å². The van der Waals surface area contributed by atoms with E-state index >= 15 is 0 Å². The standard InChI is InChI=1S/C14H15N5O/c1-10-17-18-14(20-10)12-5-3-4-6-13(12)15-7-11-8-16-19(2)9-11/h3-6,8-9,15H,7H2,1-2H3. The molecule has 20 heavy (non-hydrogen) atoms. The average molecular weight is 269 g/mol. The first-order valence-electron chi connectivity index (χ1n) is 6.33. The van der Waals surface area contributed by atoms with Gasteiger partial charge in [0.25, 0.3) is 0 Å². The number of hydrogen-bond acceptors (Lipinski definition) is 5. The highest BCUT2D eigenvalue weighted by molar-refractivity contribution is 5.72. The topological polar surface area (TPSA) is 68.8 Å². The fraction of sp³-hybridized carbons (Fsp3) is 0.214. The Kier molecular flexibility index (Phi) is 3.20. The third kappa shape index (κ3) is 2.54. The van der Waals surface area contributed by atoms with Crippen molar-refractivity contribution in [3.63, 3.8) is 0 Å². The fourth-order valence-corrected chi connectivity index (χ4v) is 1.99. The molecular formula is C14H15N5O. The van der Waals surface area contributed by atoms with Crippen LogP contribution in [0.1, 0.15) is 11.5 Å². The second kappa shape index (κ2) is 5.16. The van der Waals surface area contributed by atoms with Crippen LogP contribution in [0.15, 0.2) is 41.1 Å². The van der Waals surface area contributed by atoms with E-state index in [9.17, 15) is 0 Å². The molecule has 0 bridgehead atoms. The number of anilines is 1. The molecular weight excluding hydrogens is 254 g/mol. The van der Waals surface area contributed by atoms with Gasteiger partial charge in [0.05, 0.1) is 11.8 Å². The first-order valence-corrected chi connectivity index (χ1v) is 6.33. The zero-order chi connectivity index (χ0) is 13.9. The van der Waals surface area contributed by atoms with Crippen LogP contribution >= 0.6 is 0 Å². The minimum Gasteiger partial charge on any atom is -0.421 e. The zero-order valence-electron chi connectivity index (χ0n) is 11.4. The van der Waals surface area contributed by atoms with Gasteiger partial charge in [0, 0.05) is 38.0 Å². The minimum absolute atomic E-state index is 0.525. The summed E-state index contributed by atoms with van der Waals surface area (Å²) in [5.41, 5.74) is 2.97. The molecule has 2 heterocycles. The number of benzene rings is 1. The molecule has 0 aliphatic heterocycles. The highest BCUT2D eigenvalue weighted by Crippen LogP contribution is 2.26. The van der Waals surface area contributed by atoms with Crippen molar-refractivity contribution >= 4 is 5.69 Å². The molecule has 2 aromatic heterocycles. The zero-order valence-corrected chi connectivity index (χ0v) is 11.4. The van der Waals surface area contributed by atoms with Gasteiger partial charge in [-0.2, -0.15) is 5.10 Å². The van der Waals surface area contributed by atoms with Crippen molar-refractivity contribution in [3.8, 4) is 11.5 Å². The van der Waals surface area contributed by atoms with Crippen LogP contribution < -0.4 is 5.32 Å². The van der Waals surface area contributed by atoms with E-state index in [1.54, 1.807) is 11.6 Å². The summed E-state index contributed by atoms with van der Waals surface area (Å²) in [4.78, 5) is 0. The summed E-state index contributed by atoms with van der Waals surface area (Å²) in [6, 6.07) is 7.87. The van der Waals surface area contributed by atoms with Gasteiger partial charge >= 0.3 is 0 Å². The summed E-state index contributed by atoms with van der Waals surface area (Å²) in [6.07, 6.45) is 3.82. The summed E-state index contributed by atoms with van der Waals surface area (Å²) >= 11 is 0. The van der Waals surface area contributed by atoms with Crippen LogP contribution in [0.5, 0.6) is 0 Å². The van der Waals surface area contributed by atoms with Crippen LogP contribution in [-0.4, -0.2) is 20.0 Å². The van der Waals surface area contributed by atoms with Gasteiger partial charge in [0.15, 0.2) is 0 Å². The summed E-state index contributed by atoms with van der Waals surface area (Å²) in [6.45, 7) is 2.47. The van der Waals surface area contributed by atoms with Crippen molar-refractivity contribution in [2.24, 2.45) is 7.05 Å². The van der Waals surface area contributed by atoms with Crippen molar-refractivity contribution < 1.29 is 4.42 Å². The highest BCUT2D eigenvalue weighted by atomic mass is 16.4. The largest absolute Gasteiger partial charge is 0.421 e. The van der Waals surface area contributed by atoms with Gasteiger partial charge in [-0.15, -0.1) is 10.2 Å². The second-order valence-corrected chi connectivity index (χ2v) is 4.55. The summed E-state index contributed by atoms with van der Waals surface area (Å²) in [5.74, 6) is 1.08. The van der Waals surface area contributed by atoms with Crippen LogP contribution in [0.25, 0.3) is 11.5 Å². The summed E-state index contributed by atoms with van der Waals surface area (Å²) in [7, 11) is 1.90. The monoisotopic (exact) mass is 269 g/mol. The number of nitrogens with zero attached hydrogens (tertiary/aromatic N) is 4. The summed E-state index contributed by atoms with van der Waals surface area (Å²) in [5, 5.41) is 15.4. The predicted molar refractivity (Wildman–Crippen MR) is 75.0 cm³/mol. The van der Waals surface area contributed by atoms with E-state index in [0.717, 1.165) is 16.8 Å². The van der Waals surface area contributed by atoms with Gasteiger partial charge in [0.2, 0.25) is 11.8 Å². The van der Waals surface area contributed by atoms with Crippen molar-refractivity contribution in [1.29, 1.82) is 0 Å². The minimum atomic E-state index is 0.525. The molecule has 0 aliphatic carbocycles.